The Balaban J connectivity index is 3.14. The lowest BCUT2D eigenvalue weighted by molar-refractivity contribution is -0.134. The van der Waals surface area contributed by atoms with Crippen molar-refractivity contribution < 1.29 is 21.6 Å². The maximum Gasteiger partial charge on any atom is 0.402 e. The summed E-state index contributed by atoms with van der Waals surface area (Å²) in [4.78, 5) is 3.20. The minimum absolute atomic E-state index is 0.185. The van der Waals surface area contributed by atoms with E-state index >= 15 is 0 Å². The summed E-state index contributed by atoms with van der Waals surface area (Å²) in [5, 5.41) is 0. The summed E-state index contributed by atoms with van der Waals surface area (Å²) in [5.41, 5.74) is 2.02. The molecule has 0 aliphatic heterocycles. The number of pyridine rings is 1. The largest absolute Gasteiger partial charge is 0.402 e. The molecule has 0 fully saturated rings. The van der Waals surface area contributed by atoms with Crippen LogP contribution in [-0.2, 0) is 10.0 Å². The molecule has 0 saturated carbocycles. The molecule has 0 radical (unpaired) electrons. The van der Waals surface area contributed by atoms with Gasteiger partial charge in [0.1, 0.15) is 11.4 Å². The molecule has 0 spiro atoms. The van der Waals surface area contributed by atoms with Crippen molar-refractivity contribution >= 4 is 15.8 Å². The fourth-order valence-corrected chi connectivity index (χ4v) is 2.47. The maximum atomic E-state index is 12.2. The lowest BCUT2D eigenvalue weighted by atomic mass is 10.5. The molecule has 0 bridgehead atoms. The van der Waals surface area contributed by atoms with Crippen molar-refractivity contribution in [2.45, 2.75) is 11.1 Å². The first-order chi connectivity index (χ1) is 8.18. The van der Waals surface area contributed by atoms with Crippen LogP contribution in [0.1, 0.15) is 0 Å². The molecule has 0 unspecified atom stereocenters. The summed E-state index contributed by atoms with van der Waals surface area (Å²) in [5.74, 6) is 4.84. The van der Waals surface area contributed by atoms with E-state index in [9.17, 15) is 21.6 Å². The Kier molecular flexibility index (Phi) is 4.14. The molecule has 1 rings (SSSR count). The van der Waals surface area contributed by atoms with E-state index in [0.717, 1.165) is 13.1 Å². The Morgan fingerprint density at radius 3 is 2.61 bits per heavy atom. The molecule has 0 amide bonds. The number of nitrogens with two attached hydrogens (primary N) is 1. The average molecular weight is 284 g/mol. The summed E-state index contributed by atoms with van der Waals surface area (Å²) >= 11 is 0. The van der Waals surface area contributed by atoms with Gasteiger partial charge in [-0.05, 0) is 12.1 Å². The highest BCUT2D eigenvalue weighted by atomic mass is 32.2. The van der Waals surface area contributed by atoms with Gasteiger partial charge in [0, 0.05) is 13.2 Å². The van der Waals surface area contributed by atoms with Crippen molar-refractivity contribution in [1.29, 1.82) is 0 Å². The minimum atomic E-state index is -4.62. The molecule has 10 heteroatoms. The van der Waals surface area contributed by atoms with Crippen molar-refractivity contribution in [3.63, 3.8) is 0 Å². The van der Waals surface area contributed by atoms with Gasteiger partial charge in [0.05, 0.1) is 0 Å². The Labute approximate surface area is 102 Å². The Morgan fingerprint density at radius 1 is 1.50 bits per heavy atom. The van der Waals surface area contributed by atoms with Gasteiger partial charge in [0.2, 0.25) is 10.0 Å². The quantitative estimate of drug-likeness (QED) is 0.622. The van der Waals surface area contributed by atoms with Crippen molar-refractivity contribution in [2.75, 3.05) is 19.0 Å². The van der Waals surface area contributed by atoms with E-state index in [0.29, 0.717) is 0 Å². The highest BCUT2D eigenvalue weighted by molar-refractivity contribution is 7.89. The zero-order valence-corrected chi connectivity index (χ0v) is 10.1. The van der Waals surface area contributed by atoms with Gasteiger partial charge in [-0.25, -0.2) is 19.2 Å². The summed E-state index contributed by atoms with van der Waals surface area (Å²) in [6.07, 6.45) is -3.36. The van der Waals surface area contributed by atoms with Gasteiger partial charge in [0.25, 0.3) is 0 Å². The Hall–Kier alpha value is -1.39. The molecule has 18 heavy (non-hydrogen) atoms. The van der Waals surface area contributed by atoms with Crippen molar-refractivity contribution in [3.05, 3.63) is 18.3 Å². The van der Waals surface area contributed by atoms with Crippen LogP contribution in [0.2, 0.25) is 0 Å². The predicted molar refractivity (Wildman–Crippen MR) is 57.9 cm³/mol. The Morgan fingerprint density at radius 2 is 2.11 bits per heavy atom. The predicted octanol–water partition coefficient (Wildman–Crippen LogP) is 0.550. The number of alkyl halides is 3. The van der Waals surface area contributed by atoms with Crippen LogP contribution >= 0.6 is 0 Å². The minimum Gasteiger partial charge on any atom is -0.307 e. The number of sulfonamides is 1. The monoisotopic (exact) mass is 284 g/mol. The van der Waals surface area contributed by atoms with Crippen molar-refractivity contribution in [1.82, 2.24) is 9.29 Å². The van der Waals surface area contributed by atoms with E-state index in [1.807, 2.05) is 5.43 Å². The third-order valence-corrected chi connectivity index (χ3v) is 3.83. The highest BCUT2D eigenvalue weighted by Crippen LogP contribution is 2.24. The molecular formula is C8H11F3N4O2S. The molecule has 0 aromatic carbocycles. The summed E-state index contributed by atoms with van der Waals surface area (Å²) in [6, 6.07) is 2.40. The number of rotatable bonds is 4. The first-order valence-corrected chi connectivity index (χ1v) is 6.07. The molecule has 0 aliphatic carbocycles. The van der Waals surface area contributed by atoms with Crippen molar-refractivity contribution in [3.8, 4) is 0 Å². The number of aromatic nitrogens is 1. The van der Waals surface area contributed by atoms with E-state index in [4.69, 9.17) is 5.84 Å². The Bertz CT molecular complexity index is 517. The second-order valence-electron chi connectivity index (χ2n) is 3.37. The SMILES string of the molecule is CN(CC(F)(F)F)S(=O)(=O)c1cccnc1NN. The van der Waals surface area contributed by atoms with Gasteiger partial charge in [-0.1, -0.05) is 0 Å². The number of nitrogen functional groups attached to an aromatic ring is 1. The van der Waals surface area contributed by atoms with Gasteiger partial charge in [-0.2, -0.15) is 17.5 Å². The molecule has 1 heterocycles. The van der Waals surface area contributed by atoms with Gasteiger partial charge >= 0.3 is 6.18 Å². The smallest absolute Gasteiger partial charge is 0.307 e. The molecule has 102 valence electrons. The second-order valence-corrected chi connectivity index (χ2v) is 5.38. The molecular weight excluding hydrogens is 273 g/mol. The molecule has 1 aromatic heterocycles. The van der Waals surface area contributed by atoms with Crippen LogP contribution < -0.4 is 11.3 Å². The summed E-state index contributed by atoms with van der Waals surface area (Å²) in [7, 11) is -3.48. The van der Waals surface area contributed by atoms with Crippen LogP contribution in [-0.4, -0.2) is 37.5 Å². The molecule has 0 atom stereocenters. The summed E-state index contributed by atoms with van der Waals surface area (Å²) < 4.78 is 60.5. The van der Waals surface area contributed by atoms with E-state index in [2.05, 4.69) is 4.98 Å². The third kappa shape index (κ3) is 3.31. The average Bonchev–Trinajstić information content (AvgIpc) is 2.26. The summed E-state index contributed by atoms with van der Waals surface area (Å²) in [6.45, 7) is -1.59. The van der Waals surface area contributed by atoms with Crippen LogP contribution in [0.4, 0.5) is 19.0 Å². The third-order valence-electron chi connectivity index (χ3n) is 2.00. The van der Waals surface area contributed by atoms with Crippen LogP contribution in [0.15, 0.2) is 23.2 Å². The van der Waals surface area contributed by atoms with Crippen LogP contribution in [0, 0.1) is 0 Å². The van der Waals surface area contributed by atoms with Gasteiger partial charge in [-0.15, -0.1) is 0 Å². The zero-order chi connectivity index (χ0) is 14.0. The fraction of sp³-hybridized carbons (Fsp3) is 0.375. The number of hydrazine groups is 1. The molecule has 6 nitrogen and oxygen atoms in total. The topological polar surface area (TPSA) is 88.3 Å². The lowest BCUT2D eigenvalue weighted by Crippen LogP contribution is -2.36. The van der Waals surface area contributed by atoms with E-state index in [1.54, 1.807) is 0 Å². The lowest BCUT2D eigenvalue weighted by Gasteiger charge is -2.19. The van der Waals surface area contributed by atoms with Crippen LogP contribution in [0.25, 0.3) is 0 Å². The van der Waals surface area contributed by atoms with Gasteiger partial charge < -0.3 is 5.43 Å². The van der Waals surface area contributed by atoms with Gasteiger partial charge in [-0.3, -0.25) is 0 Å². The fourth-order valence-electron chi connectivity index (χ4n) is 1.21. The number of halogens is 3. The number of hydrogen-bond donors (Lipinski definition) is 2. The molecule has 3 N–H and O–H groups in total. The number of nitrogens with one attached hydrogen (secondary N) is 1. The molecule has 0 aliphatic rings. The van der Waals surface area contributed by atoms with Crippen molar-refractivity contribution in [2.24, 2.45) is 5.84 Å². The maximum absolute atomic E-state index is 12.2. The zero-order valence-electron chi connectivity index (χ0n) is 9.27. The first kappa shape index (κ1) is 14.7. The second kappa shape index (κ2) is 5.08. The number of anilines is 1. The van der Waals surface area contributed by atoms with E-state index < -0.39 is 27.6 Å². The standard InChI is InChI=1S/C8H11F3N4O2S/c1-15(5-8(9,10)11)18(16,17)6-3-2-4-13-7(6)14-12/h2-4H,5,12H2,1H3,(H,13,14). The number of nitrogens with zero attached hydrogens (tertiary/aromatic N) is 2. The van der Waals surface area contributed by atoms with Crippen LogP contribution in [0.5, 0.6) is 0 Å². The highest BCUT2D eigenvalue weighted by Gasteiger charge is 2.35. The normalized spacial score (nSPS) is 12.8. The van der Waals surface area contributed by atoms with Gasteiger partial charge in [0.15, 0.2) is 5.82 Å². The van der Waals surface area contributed by atoms with E-state index in [1.165, 1.54) is 12.3 Å². The number of hydrogen-bond acceptors (Lipinski definition) is 5. The van der Waals surface area contributed by atoms with E-state index in [-0.39, 0.29) is 10.1 Å². The first-order valence-electron chi connectivity index (χ1n) is 4.63. The molecule has 1 aromatic rings. The van der Waals surface area contributed by atoms with Crippen LogP contribution in [0.3, 0.4) is 0 Å². The molecule has 0 saturated heterocycles.